The first kappa shape index (κ1) is 13.6. The van der Waals surface area contributed by atoms with E-state index in [0.29, 0.717) is 24.4 Å². The zero-order valence-electron chi connectivity index (χ0n) is 9.29. The van der Waals surface area contributed by atoms with Crippen molar-refractivity contribution in [1.29, 1.82) is 0 Å². The third-order valence-corrected chi connectivity index (χ3v) is 2.18. The number of halogens is 1. The maximum atomic E-state index is 11.5. The first-order chi connectivity index (χ1) is 8.13. The fourth-order valence-corrected chi connectivity index (χ4v) is 1.35. The van der Waals surface area contributed by atoms with Gasteiger partial charge in [-0.25, -0.2) is 4.79 Å². The lowest BCUT2D eigenvalue weighted by atomic mass is 10.4. The van der Waals surface area contributed by atoms with Crippen molar-refractivity contribution in [1.82, 2.24) is 10.6 Å². The van der Waals surface area contributed by atoms with Gasteiger partial charge in [0.15, 0.2) is 10.4 Å². The minimum absolute atomic E-state index is 0.216. The Hall–Kier alpha value is -1.50. The molecule has 0 fully saturated rings. The Balaban J connectivity index is 2.19. The summed E-state index contributed by atoms with van der Waals surface area (Å²) in [6.07, 6.45) is -0.498. The molecule has 0 saturated carbocycles. The van der Waals surface area contributed by atoms with Crippen LogP contribution in [0, 0.1) is 0 Å². The Morgan fingerprint density at radius 2 is 2.06 bits per heavy atom. The number of hydrogen-bond acceptors (Lipinski definition) is 4. The van der Waals surface area contributed by atoms with E-state index >= 15 is 0 Å². The monoisotopic (exact) mass is 304 g/mol. The predicted octanol–water partition coefficient (Wildman–Crippen LogP) is 1.52. The van der Waals surface area contributed by atoms with Gasteiger partial charge in [0.05, 0.1) is 6.61 Å². The number of carbonyl (C=O) groups excluding carboxylic acids is 2. The molecule has 1 aromatic rings. The van der Waals surface area contributed by atoms with E-state index < -0.39 is 6.09 Å². The van der Waals surface area contributed by atoms with E-state index in [1.165, 1.54) is 0 Å². The molecule has 17 heavy (non-hydrogen) atoms. The summed E-state index contributed by atoms with van der Waals surface area (Å²) in [7, 11) is 0. The molecule has 0 atom stereocenters. The maximum absolute atomic E-state index is 11.5. The molecular formula is C10H13BrN2O4. The molecule has 0 spiro atoms. The van der Waals surface area contributed by atoms with Crippen molar-refractivity contribution >= 4 is 27.9 Å². The summed E-state index contributed by atoms with van der Waals surface area (Å²) in [6.45, 7) is 2.64. The van der Waals surface area contributed by atoms with E-state index in [4.69, 9.17) is 4.42 Å². The summed E-state index contributed by atoms with van der Waals surface area (Å²) in [5.74, 6) is -0.116. The standard InChI is InChI=1S/C10H13BrN2O4/c1-2-16-10(15)13-6-5-12-9(14)7-3-4-8(11)17-7/h3-4H,2,5-6H2,1H3,(H,12,14)(H,13,15). The number of carbonyl (C=O) groups is 2. The van der Waals surface area contributed by atoms with Crippen molar-refractivity contribution in [3.05, 3.63) is 22.6 Å². The van der Waals surface area contributed by atoms with Gasteiger partial charge in [0, 0.05) is 13.1 Å². The van der Waals surface area contributed by atoms with E-state index in [1.807, 2.05) is 0 Å². The Kier molecular flexibility index (Phi) is 5.55. The van der Waals surface area contributed by atoms with E-state index in [9.17, 15) is 9.59 Å². The molecule has 0 aliphatic rings. The van der Waals surface area contributed by atoms with Crippen molar-refractivity contribution in [2.24, 2.45) is 0 Å². The molecule has 0 aromatic carbocycles. The van der Waals surface area contributed by atoms with Crippen LogP contribution in [0.5, 0.6) is 0 Å². The lowest BCUT2D eigenvalue weighted by Gasteiger charge is -2.05. The lowest BCUT2D eigenvalue weighted by molar-refractivity contribution is 0.0923. The van der Waals surface area contributed by atoms with Crippen LogP contribution in [-0.2, 0) is 4.74 Å². The highest BCUT2D eigenvalue weighted by atomic mass is 79.9. The van der Waals surface area contributed by atoms with Gasteiger partial charge in [0.25, 0.3) is 5.91 Å². The molecule has 1 heterocycles. The second kappa shape index (κ2) is 6.95. The number of ether oxygens (including phenoxy) is 1. The summed E-state index contributed by atoms with van der Waals surface area (Å²) in [6, 6.07) is 3.18. The zero-order chi connectivity index (χ0) is 12.7. The van der Waals surface area contributed by atoms with Crippen LogP contribution in [0.25, 0.3) is 0 Å². The fourth-order valence-electron chi connectivity index (χ4n) is 1.05. The van der Waals surface area contributed by atoms with Crippen molar-refractivity contribution in [2.75, 3.05) is 19.7 Å². The fraction of sp³-hybridized carbons (Fsp3) is 0.400. The molecule has 94 valence electrons. The maximum Gasteiger partial charge on any atom is 0.407 e. The number of nitrogens with one attached hydrogen (secondary N) is 2. The van der Waals surface area contributed by atoms with Crippen molar-refractivity contribution in [3.63, 3.8) is 0 Å². The Morgan fingerprint density at radius 1 is 1.35 bits per heavy atom. The van der Waals surface area contributed by atoms with Gasteiger partial charge < -0.3 is 19.8 Å². The molecule has 0 aliphatic heterocycles. The summed E-state index contributed by atoms with van der Waals surface area (Å²) < 4.78 is 10.2. The minimum Gasteiger partial charge on any atom is -0.450 e. The molecule has 2 amide bonds. The zero-order valence-corrected chi connectivity index (χ0v) is 10.9. The first-order valence-electron chi connectivity index (χ1n) is 5.07. The number of rotatable bonds is 5. The van der Waals surface area contributed by atoms with Gasteiger partial charge in [-0.15, -0.1) is 0 Å². The van der Waals surface area contributed by atoms with E-state index in [2.05, 4.69) is 31.3 Å². The molecule has 0 unspecified atom stereocenters. The van der Waals surface area contributed by atoms with Crippen LogP contribution in [0.2, 0.25) is 0 Å². The smallest absolute Gasteiger partial charge is 0.407 e. The third kappa shape index (κ3) is 4.90. The van der Waals surface area contributed by atoms with Gasteiger partial charge >= 0.3 is 6.09 Å². The van der Waals surface area contributed by atoms with Gasteiger partial charge in [0.1, 0.15) is 0 Å². The highest BCUT2D eigenvalue weighted by molar-refractivity contribution is 9.10. The average molecular weight is 305 g/mol. The molecule has 1 rings (SSSR count). The molecule has 0 radical (unpaired) electrons. The van der Waals surface area contributed by atoms with Crippen molar-refractivity contribution in [2.45, 2.75) is 6.92 Å². The summed E-state index contributed by atoms with van der Waals surface area (Å²) in [4.78, 5) is 22.3. The van der Waals surface area contributed by atoms with Crippen LogP contribution < -0.4 is 10.6 Å². The van der Waals surface area contributed by atoms with Crippen LogP contribution in [0.15, 0.2) is 21.2 Å². The molecule has 1 aromatic heterocycles. The number of hydrogen-bond donors (Lipinski definition) is 2. The van der Waals surface area contributed by atoms with Crippen LogP contribution in [0.1, 0.15) is 17.5 Å². The van der Waals surface area contributed by atoms with Crippen LogP contribution in [0.3, 0.4) is 0 Å². The van der Waals surface area contributed by atoms with Crippen molar-refractivity contribution < 1.29 is 18.7 Å². The quantitative estimate of drug-likeness (QED) is 0.808. The number of amides is 2. The van der Waals surface area contributed by atoms with Gasteiger partial charge in [-0.2, -0.15) is 0 Å². The van der Waals surface area contributed by atoms with E-state index in [1.54, 1.807) is 19.1 Å². The Labute approximate surface area is 107 Å². The largest absolute Gasteiger partial charge is 0.450 e. The molecule has 0 aliphatic carbocycles. The molecule has 2 N–H and O–H groups in total. The van der Waals surface area contributed by atoms with Gasteiger partial charge in [-0.3, -0.25) is 4.79 Å². The highest BCUT2D eigenvalue weighted by Gasteiger charge is 2.09. The average Bonchev–Trinajstić information content (AvgIpc) is 2.71. The van der Waals surface area contributed by atoms with Crippen molar-refractivity contribution in [3.8, 4) is 0 Å². The summed E-state index contributed by atoms with van der Waals surface area (Å²) in [5.41, 5.74) is 0. The summed E-state index contributed by atoms with van der Waals surface area (Å²) >= 11 is 3.10. The molecular weight excluding hydrogens is 292 g/mol. The first-order valence-corrected chi connectivity index (χ1v) is 5.87. The van der Waals surface area contributed by atoms with Gasteiger partial charge in [-0.05, 0) is 35.0 Å². The lowest BCUT2D eigenvalue weighted by Crippen LogP contribution is -2.34. The minimum atomic E-state index is -0.498. The van der Waals surface area contributed by atoms with Crippen LogP contribution in [0.4, 0.5) is 4.79 Å². The predicted molar refractivity (Wildman–Crippen MR) is 63.8 cm³/mol. The summed E-state index contributed by atoms with van der Waals surface area (Å²) in [5, 5.41) is 5.07. The topological polar surface area (TPSA) is 80.6 Å². The molecule has 0 saturated heterocycles. The number of alkyl carbamates (subject to hydrolysis) is 1. The second-order valence-electron chi connectivity index (χ2n) is 3.01. The van der Waals surface area contributed by atoms with E-state index in [-0.39, 0.29) is 11.7 Å². The molecule has 0 bridgehead atoms. The molecule has 6 nitrogen and oxygen atoms in total. The Morgan fingerprint density at radius 3 is 2.65 bits per heavy atom. The van der Waals surface area contributed by atoms with Crippen LogP contribution in [-0.4, -0.2) is 31.7 Å². The van der Waals surface area contributed by atoms with E-state index in [0.717, 1.165) is 0 Å². The second-order valence-corrected chi connectivity index (χ2v) is 3.79. The molecule has 7 heteroatoms. The van der Waals surface area contributed by atoms with Gasteiger partial charge in [0.2, 0.25) is 0 Å². The number of furan rings is 1. The van der Waals surface area contributed by atoms with Gasteiger partial charge in [-0.1, -0.05) is 0 Å². The third-order valence-electron chi connectivity index (χ3n) is 1.75. The normalized spacial score (nSPS) is 9.76. The van der Waals surface area contributed by atoms with Crippen LogP contribution >= 0.6 is 15.9 Å². The Bertz CT molecular complexity index is 391. The SMILES string of the molecule is CCOC(=O)NCCNC(=O)c1ccc(Br)o1. The highest BCUT2D eigenvalue weighted by Crippen LogP contribution is 2.13.